The number of aromatic nitrogens is 1. The van der Waals surface area contributed by atoms with E-state index in [0.717, 1.165) is 16.5 Å². The van der Waals surface area contributed by atoms with E-state index in [-0.39, 0.29) is 6.42 Å². The van der Waals surface area contributed by atoms with Crippen molar-refractivity contribution in [3.05, 3.63) is 36.0 Å². The van der Waals surface area contributed by atoms with Crippen LogP contribution in [0.2, 0.25) is 0 Å². The molecule has 0 bridgehead atoms. The number of H-pyrrole nitrogens is 1. The normalized spacial score (nSPS) is 22.1. The molecule has 7 heteroatoms. The van der Waals surface area contributed by atoms with E-state index >= 15 is 0 Å². The number of hydrogen-bond donors (Lipinski definition) is 4. The highest BCUT2D eigenvalue weighted by Crippen LogP contribution is 2.19. The van der Waals surface area contributed by atoms with E-state index in [4.69, 9.17) is 15.6 Å². The molecule has 1 aromatic carbocycles. The van der Waals surface area contributed by atoms with Gasteiger partial charge in [0.1, 0.15) is 18.2 Å². The molecule has 2 heterocycles. The van der Waals surface area contributed by atoms with Gasteiger partial charge >= 0.3 is 11.9 Å². The summed E-state index contributed by atoms with van der Waals surface area (Å²) in [5.74, 6) is -1.44. The lowest BCUT2D eigenvalue weighted by atomic mass is 10.1. The number of hydrogen-bond acceptors (Lipinski definition) is 5. The number of rotatable bonds is 5. The van der Waals surface area contributed by atoms with Crippen molar-refractivity contribution in [1.82, 2.24) is 10.3 Å². The van der Waals surface area contributed by atoms with Gasteiger partial charge in [0, 0.05) is 36.5 Å². The number of benzene rings is 1. The molecule has 1 unspecified atom stereocenters. The van der Waals surface area contributed by atoms with Crippen LogP contribution < -0.4 is 11.1 Å². The highest BCUT2D eigenvalue weighted by molar-refractivity contribution is 5.84. The molecule has 0 spiro atoms. The van der Waals surface area contributed by atoms with E-state index in [2.05, 4.69) is 10.3 Å². The van der Waals surface area contributed by atoms with Crippen LogP contribution in [-0.2, 0) is 20.7 Å². The molecule has 1 aliphatic rings. The summed E-state index contributed by atoms with van der Waals surface area (Å²) in [7, 11) is 0. The van der Waals surface area contributed by atoms with Crippen LogP contribution in [0.15, 0.2) is 30.5 Å². The summed E-state index contributed by atoms with van der Waals surface area (Å²) >= 11 is 0. The van der Waals surface area contributed by atoms with Crippen molar-refractivity contribution in [2.75, 3.05) is 6.54 Å². The average molecular weight is 317 g/mol. The van der Waals surface area contributed by atoms with Crippen molar-refractivity contribution in [2.24, 2.45) is 5.73 Å². The van der Waals surface area contributed by atoms with Crippen LogP contribution in [0.1, 0.15) is 12.0 Å². The molecule has 3 atom stereocenters. The summed E-state index contributed by atoms with van der Waals surface area (Å²) < 4.78 is 5.31. The molecular weight excluding hydrogens is 298 g/mol. The van der Waals surface area contributed by atoms with Gasteiger partial charge in [-0.05, 0) is 11.6 Å². The van der Waals surface area contributed by atoms with Gasteiger partial charge in [-0.1, -0.05) is 18.2 Å². The third kappa shape index (κ3) is 3.35. The molecule has 0 radical (unpaired) electrons. The number of aromatic amines is 1. The molecule has 7 nitrogen and oxygen atoms in total. The molecule has 1 aliphatic heterocycles. The van der Waals surface area contributed by atoms with E-state index < -0.39 is 30.1 Å². The first kappa shape index (κ1) is 15.5. The maximum Gasteiger partial charge on any atom is 0.323 e. The third-order valence-electron chi connectivity index (χ3n) is 4.09. The standard InChI is InChI=1S/C16H19N3O4/c17-12(5-9-7-18-13-4-2-1-3-11(9)13)16(22)23-10-6-14(15(20)21)19-8-10/h1-4,7,10,12,14,18-19H,5-6,8,17H2,(H,20,21)/t10?,12-,14-/m0/s1. The number of carboxylic acid groups (broad SMARTS) is 1. The van der Waals surface area contributed by atoms with Gasteiger partial charge in [-0.3, -0.25) is 9.59 Å². The zero-order chi connectivity index (χ0) is 16.4. The number of fused-ring (bicyclic) bond motifs is 1. The first-order valence-corrected chi connectivity index (χ1v) is 7.52. The summed E-state index contributed by atoms with van der Waals surface area (Å²) in [5, 5.41) is 12.7. The fourth-order valence-electron chi connectivity index (χ4n) is 2.85. The minimum atomic E-state index is -0.938. The zero-order valence-electron chi connectivity index (χ0n) is 12.5. The van der Waals surface area contributed by atoms with Gasteiger partial charge in [-0.25, -0.2) is 0 Å². The molecule has 0 aliphatic carbocycles. The first-order valence-electron chi connectivity index (χ1n) is 7.52. The number of carbonyl (C=O) groups is 2. The molecule has 5 N–H and O–H groups in total. The maximum atomic E-state index is 12.1. The Morgan fingerprint density at radius 2 is 2.17 bits per heavy atom. The highest BCUT2D eigenvalue weighted by atomic mass is 16.5. The van der Waals surface area contributed by atoms with Crippen LogP contribution in [0.4, 0.5) is 0 Å². The van der Waals surface area contributed by atoms with Crippen LogP contribution in [0, 0.1) is 0 Å². The van der Waals surface area contributed by atoms with Gasteiger partial charge < -0.3 is 25.9 Å². The Kier molecular flexibility index (Phi) is 4.31. The van der Waals surface area contributed by atoms with Crippen LogP contribution in [0.5, 0.6) is 0 Å². The average Bonchev–Trinajstić information content (AvgIpc) is 3.15. The number of esters is 1. The van der Waals surface area contributed by atoms with Gasteiger partial charge in [0.25, 0.3) is 0 Å². The summed E-state index contributed by atoms with van der Waals surface area (Å²) in [6, 6.07) is 6.34. The van der Waals surface area contributed by atoms with E-state index in [1.807, 2.05) is 30.5 Å². The van der Waals surface area contributed by atoms with Crippen molar-refractivity contribution in [1.29, 1.82) is 0 Å². The van der Waals surface area contributed by atoms with E-state index in [1.54, 1.807) is 0 Å². The van der Waals surface area contributed by atoms with Crippen molar-refractivity contribution >= 4 is 22.8 Å². The van der Waals surface area contributed by atoms with Crippen molar-refractivity contribution in [3.8, 4) is 0 Å². The summed E-state index contributed by atoms with van der Waals surface area (Å²) in [4.78, 5) is 26.1. The van der Waals surface area contributed by atoms with Gasteiger partial charge in [-0.15, -0.1) is 0 Å². The lowest BCUT2D eigenvalue weighted by Gasteiger charge is -2.15. The molecule has 2 aromatic rings. The molecule has 1 fully saturated rings. The Bertz CT molecular complexity index is 727. The minimum absolute atomic E-state index is 0.265. The molecule has 23 heavy (non-hydrogen) atoms. The number of carbonyl (C=O) groups excluding carboxylic acids is 1. The smallest absolute Gasteiger partial charge is 0.323 e. The summed E-state index contributed by atoms with van der Waals surface area (Å²) in [6.45, 7) is 0.336. The maximum absolute atomic E-state index is 12.1. The van der Waals surface area contributed by atoms with E-state index in [9.17, 15) is 9.59 Å². The largest absolute Gasteiger partial charge is 0.480 e. The topological polar surface area (TPSA) is 117 Å². The molecule has 1 saturated heterocycles. The lowest BCUT2D eigenvalue weighted by molar-refractivity contribution is -0.150. The molecule has 3 rings (SSSR count). The van der Waals surface area contributed by atoms with Crippen LogP contribution in [0.3, 0.4) is 0 Å². The Labute approximate surface area is 132 Å². The molecule has 0 saturated carbocycles. The Hall–Kier alpha value is -2.38. The van der Waals surface area contributed by atoms with Gasteiger partial charge in [0.2, 0.25) is 0 Å². The number of nitrogens with two attached hydrogens (primary N) is 1. The molecular formula is C16H19N3O4. The van der Waals surface area contributed by atoms with Crippen LogP contribution in [0.25, 0.3) is 10.9 Å². The van der Waals surface area contributed by atoms with Gasteiger partial charge in [0.05, 0.1) is 0 Å². The number of nitrogens with one attached hydrogen (secondary N) is 2. The van der Waals surface area contributed by atoms with Crippen LogP contribution in [-0.4, -0.2) is 46.8 Å². The Morgan fingerprint density at radius 3 is 2.91 bits per heavy atom. The third-order valence-corrected chi connectivity index (χ3v) is 4.09. The zero-order valence-corrected chi connectivity index (χ0v) is 12.5. The summed E-state index contributed by atoms with van der Waals surface area (Å²) in [6.07, 6.45) is 2.03. The van der Waals surface area contributed by atoms with E-state index in [0.29, 0.717) is 13.0 Å². The van der Waals surface area contributed by atoms with E-state index in [1.165, 1.54) is 0 Å². The number of carboxylic acids is 1. The monoisotopic (exact) mass is 317 g/mol. The quantitative estimate of drug-likeness (QED) is 0.593. The second-order valence-electron chi connectivity index (χ2n) is 5.76. The number of para-hydroxylation sites is 1. The second-order valence-corrected chi connectivity index (χ2v) is 5.76. The van der Waals surface area contributed by atoms with Gasteiger partial charge in [0.15, 0.2) is 0 Å². The fraction of sp³-hybridized carbons (Fsp3) is 0.375. The summed E-state index contributed by atoms with van der Waals surface area (Å²) in [5.41, 5.74) is 7.90. The van der Waals surface area contributed by atoms with Crippen molar-refractivity contribution < 1.29 is 19.4 Å². The first-order chi connectivity index (χ1) is 11.0. The van der Waals surface area contributed by atoms with Crippen LogP contribution >= 0.6 is 0 Å². The number of aliphatic carboxylic acids is 1. The highest BCUT2D eigenvalue weighted by Gasteiger charge is 2.32. The fourth-order valence-corrected chi connectivity index (χ4v) is 2.85. The second kappa shape index (κ2) is 6.39. The number of ether oxygens (including phenoxy) is 1. The Balaban J connectivity index is 1.59. The Morgan fingerprint density at radius 1 is 1.39 bits per heavy atom. The van der Waals surface area contributed by atoms with Crippen molar-refractivity contribution in [3.63, 3.8) is 0 Å². The molecule has 0 amide bonds. The predicted molar refractivity (Wildman–Crippen MR) is 83.9 cm³/mol. The van der Waals surface area contributed by atoms with Gasteiger partial charge in [-0.2, -0.15) is 0 Å². The van der Waals surface area contributed by atoms with Crippen molar-refractivity contribution in [2.45, 2.75) is 31.0 Å². The minimum Gasteiger partial charge on any atom is -0.480 e. The molecule has 122 valence electrons. The SMILES string of the molecule is N[C@@H](Cc1c[nH]c2ccccc12)C(=O)OC1CN[C@H](C(=O)O)C1. The predicted octanol–water partition coefficient (Wildman–Crippen LogP) is 0.396. The molecule has 1 aromatic heterocycles. The lowest BCUT2D eigenvalue weighted by Crippen LogP contribution is -2.37.